The number of rotatable bonds is 6. The Morgan fingerprint density at radius 3 is 2.92 bits per heavy atom. The Bertz CT molecular complexity index is 676. The third-order valence-electron chi connectivity index (χ3n) is 4.31. The number of carbonyl (C=O) groups excluding carboxylic acids is 1. The van der Waals surface area contributed by atoms with E-state index in [1.54, 1.807) is 18.6 Å². The summed E-state index contributed by atoms with van der Waals surface area (Å²) in [5.74, 6) is 0.985. The lowest BCUT2D eigenvalue weighted by atomic mass is 9.99. The molecule has 0 radical (unpaired) electrons. The summed E-state index contributed by atoms with van der Waals surface area (Å²) in [7, 11) is 0. The van der Waals surface area contributed by atoms with Crippen LogP contribution in [0.1, 0.15) is 18.4 Å². The molecule has 6 heteroatoms. The zero-order chi connectivity index (χ0) is 17.5. The molecule has 1 saturated heterocycles. The number of amides is 1. The lowest BCUT2D eigenvalue weighted by molar-refractivity contribution is -0.117. The van der Waals surface area contributed by atoms with Crippen molar-refractivity contribution in [3.63, 3.8) is 0 Å². The van der Waals surface area contributed by atoms with Gasteiger partial charge in [-0.2, -0.15) is 0 Å². The summed E-state index contributed by atoms with van der Waals surface area (Å²) < 4.78 is 5.70. The van der Waals surface area contributed by atoms with Crippen molar-refractivity contribution in [3.05, 3.63) is 48.4 Å². The molecule has 1 aliphatic heterocycles. The zero-order valence-corrected chi connectivity index (χ0v) is 14.5. The van der Waals surface area contributed by atoms with Gasteiger partial charge in [0.25, 0.3) is 0 Å². The molecular weight excluding hydrogens is 316 g/mol. The molecule has 2 heterocycles. The van der Waals surface area contributed by atoms with E-state index in [0.717, 1.165) is 31.6 Å². The number of likely N-dealkylation sites (tertiary alicyclic amines) is 1. The Morgan fingerprint density at radius 1 is 1.32 bits per heavy atom. The summed E-state index contributed by atoms with van der Waals surface area (Å²) in [5.41, 5.74) is 2.02. The molecule has 0 aliphatic carbocycles. The van der Waals surface area contributed by atoms with Gasteiger partial charge in [0.1, 0.15) is 0 Å². The molecule has 2 aromatic rings. The first-order valence-corrected chi connectivity index (χ1v) is 8.67. The highest BCUT2D eigenvalue weighted by molar-refractivity contribution is 5.92. The molecule has 25 heavy (non-hydrogen) atoms. The fourth-order valence-electron chi connectivity index (χ4n) is 3.03. The molecule has 1 amide bonds. The smallest absolute Gasteiger partial charge is 0.238 e. The van der Waals surface area contributed by atoms with Crippen LogP contribution in [-0.4, -0.2) is 47.0 Å². The van der Waals surface area contributed by atoms with Crippen molar-refractivity contribution in [2.24, 2.45) is 5.92 Å². The topological polar surface area (TPSA) is 67.4 Å². The zero-order valence-electron chi connectivity index (χ0n) is 14.5. The van der Waals surface area contributed by atoms with E-state index in [-0.39, 0.29) is 5.91 Å². The third-order valence-corrected chi connectivity index (χ3v) is 4.31. The Balaban J connectivity index is 1.44. The second kappa shape index (κ2) is 8.58. The number of anilines is 1. The molecule has 1 unspecified atom stereocenters. The Morgan fingerprint density at radius 2 is 2.16 bits per heavy atom. The largest absolute Gasteiger partial charge is 0.476 e. The van der Waals surface area contributed by atoms with Crippen molar-refractivity contribution in [1.29, 1.82) is 0 Å². The average Bonchev–Trinajstić information content (AvgIpc) is 2.63. The predicted octanol–water partition coefficient (Wildman–Crippen LogP) is 2.51. The quantitative estimate of drug-likeness (QED) is 0.875. The van der Waals surface area contributed by atoms with Gasteiger partial charge in [-0.1, -0.05) is 17.7 Å². The van der Waals surface area contributed by atoms with Gasteiger partial charge in [0.15, 0.2) is 0 Å². The number of aryl methyl sites for hydroxylation is 1. The third kappa shape index (κ3) is 5.53. The van der Waals surface area contributed by atoms with Crippen LogP contribution in [-0.2, 0) is 4.79 Å². The van der Waals surface area contributed by atoms with E-state index < -0.39 is 0 Å². The highest BCUT2D eigenvalue weighted by atomic mass is 16.5. The SMILES string of the molecule is Cc1ccc(NC(=O)CN2CCCC(COc3cnccn3)C2)cc1. The van der Waals surface area contributed by atoms with Gasteiger partial charge in [-0.3, -0.25) is 14.7 Å². The molecular formula is C19H24N4O2. The van der Waals surface area contributed by atoms with E-state index >= 15 is 0 Å². The standard InChI is InChI=1S/C19H24N4O2/c1-15-4-6-17(7-5-15)22-18(24)13-23-10-2-3-16(12-23)14-25-19-11-20-8-9-21-19/h4-9,11,16H,2-3,10,12-14H2,1H3,(H,22,24). The van der Waals surface area contributed by atoms with Crippen LogP contribution in [0.2, 0.25) is 0 Å². The van der Waals surface area contributed by atoms with Crippen molar-refractivity contribution in [1.82, 2.24) is 14.9 Å². The Kier molecular flexibility index (Phi) is 5.95. The van der Waals surface area contributed by atoms with Crippen molar-refractivity contribution < 1.29 is 9.53 Å². The molecule has 3 rings (SSSR count). The summed E-state index contributed by atoms with van der Waals surface area (Å²) >= 11 is 0. The summed E-state index contributed by atoms with van der Waals surface area (Å²) in [6.45, 7) is 4.86. The van der Waals surface area contributed by atoms with E-state index in [9.17, 15) is 4.79 Å². The first kappa shape index (κ1) is 17.4. The average molecular weight is 340 g/mol. The number of nitrogens with zero attached hydrogens (tertiary/aromatic N) is 3. The van der Waals surface area contributed by atoms with Crippen molar-refractivity contribution in [2.45, 2.75) is 19.8 Å². The fraction of sp³-hybridized carbons (Fsp3) is 0.421. The first-order chi connectivity index (χ1) is 12.2. The molecule has 0 bridgehead atoms. The van der Waals surface area contributed by atoms with Crippen LogP contribution in [0.15, 0.2) is 42.9 Å². The lowest BCUT2D eigenvalue weighted by Crippen LogP contribution is -2.42. The number of nitrogens with one attached hydrogen (secondary N) is 1. The molecule has 0 saturated carbocycles. The highest BCUT2D eigenvalue weighted by Crippen LogP contribution is 2.18. The van der Waals surface area contributed by atoms with Gasteiger partial charge >= 0.3 is 0 Å². The predicted molar refractivity (Wildman–Crippen MR) is 96.5 cm³/mol. The Labute approximate surface area is 148 Å². The van der Waals surface area contributed by atoms with Gasteiger partial charge in [0, 0.05) is 30.5 Å². The highest BCUT2D eigenvalue weighted by Gasteiger charge is 2.22. The molecule has 1 N–H and O–H groups in total. The minimum absolute atomic E-state index is 0.0272. The van der Waals surface area contributed by atoms with Gasteiger partial charge < -0.3 is 10.1 Å². The van der Waals surface area contributed by atoms with E-state index in [1.807, 2.05) is 31.2 Å². The van der Waals surface area contributed by atoms with Crippen LogP contribution in [0.25, 0.3) is 0 Å². The van der Waals surface area contributed by atoms with Crippen LogP contribution in [0, 0.1) is 12.8 Å². The van der Waals surface area contributed by atoms with Crippen molar-refractivity contribution >= 4 is 11.6 Å². The van der Waals surface area contributed by atoms with Gasteiger partial charge in [-0.05, 0) is 38.4 Å². The molecule has 132 valence electrons. The summed E-state index contributed by atoms with van der Waals surface area (Å²) in [6, 6.07) is 7.86. The van der Waals surface area contributed by atoms with E-state index in [0.29, 0.717) is 24.9 Å². The maximum absolute atomic E-state index is 12.2. The number of benzene rings is 1. The number of ether oxygens (including phenoxy) is 1. The number of piperidine rings is 1. The molecule has 6 nitrogen and oxygen atoms in total. The molecule has 1 aromatic carbocycles. The summed E-state index contributed by atoms with van der Waals surface area (Å²) in [5, 5.41) is 2.96. The second-order valence-electron chi connectivity index (χ2n) is 6.51. The second-order valence-corrected chi connectivity index (χ2v) is 6.51. The minimum Gasteiger partial charge on any atom is -0.476 e. The monoisotopic (exact) mass is 340 g/mol. The molecule has 1 fully saturated rings. The van der Waals surface area contributed by atoms with E-state index in [4.69, 9.17) is 4.74 Å². The fourth-order valence-corrected chi connectivity index (χ4v) is 3.03. The lowest BCUT2D eigenvalue weighted by Gasteiger charge is -2.31. The van der Waals surface area contributed by atoms with Gasteiger partial charge in [0.2, 0.25) is 11.8 Å². The number of hydrogen-bond acceptors (Lipinski definition) is 5. The summed E-state index contributed by atoms with van der Waals surface area (Å²) in [4.78, 5) is 22.6. The van der Waals surface area contributed by atoms with Crippen LogP contribution >= 0.6 is 0 Å². The van der Waals surface area contributed by atoms with Gasteiger partial charge in [-0.15, -0.1) is 0 Å². The van der Waals surface area contributed by atoms with Crippen molar-refractivity contribution in [2.75, 3.05) is 31.6 Å². The number of carbonyl (C=O) groups is 1. The molecule has 1 aliphatic rings. The van der Waals surface area contributed by atoms with Crippen molar-refractivity contribution in [3.8, 4) is 5.88 Å². The van der Waals surface area contributed by atoms with E-state index in [2.05, 4.69) is 20.2 Å². The summed E-state index contributed by atoms with van der Waals surface area (Å²) in [6.07, 6.45) is 7.05. The molecule has 1 aromatic heterocycles. The molecule has 0 spiro atoms. The number of hydrogen-bond donors (Lipinski definition) is 1. The van der Waals surface area contributed by atoms with Crippen LogP contribution in [0.3, 0.4) is 0 Å². The Hall–Kier alpha value is -2.47. The van der Waals surface area contributed by atoms with Crippen LogP contribution in [0.5, 0.6) is 5.88 Å². The maximum atomic E-state index is 12.2. The van der Waals surface area contributed by atoms with Crippen LogP contribution in [0.4, 0.5) is 5.69 Å². The maximum Gasteiger partial charge on any atom is 0.238 e. The normalized spacial score (nSPS) is 17.9. The van der Waals surface area contributed by atoms with Gasteiger partial charge in [-0.25, -0.2) is 4.98 Å². The minimum atomic E-state index is 0.0272. The number of aromatic nitrogens is 2. The van der Waals surface area contributed by atoms with E-state index in [1.165, 1.54) is 5.56 Å². The van der Waals surface area contributed by atoms with Crippen LogP contribution < -0.4 is 10.1 Å². The molecule has 1 atom stereocenters. The van der Waals surface area contributed by atoms with Gasteiger partial charge in [0.05, 0.1) is 19.3 Å². The first-order valence-electron chi connectivity index (χ1n) is 8.67.